The minimum atomic E-state index is 0.846. The molecule has 6 heteroatoms. The highest BCUT2D eigenvalue weighted by Crippen LogP contribution is 2.20. The van der Waals surface area contributed by atoms with Crippen LogP contribution in [0.15, 0.2) is 30.3 Å². The minimum Gasteiger partial charge on any atom is -0.366 e. The Morgan fingerprint density at radius 2 is 1.79 bits per heavy atom. The normalized spacial score (nSPS) is 15.5. The highest BCUT2D eigenvalue weighted by Gasteiger charge is 2.21. The molecule has 0 amide bonds. The van der Waals surface area contributed by atoms with Crippen LogP contribution < -0.4 is 5.32 Å². The van der Waals surface area contributed by atoms with Crippen LogP contribution in [0.5, 0.6) is 0 Å². The second-order valence-corrected chi connectivity index (χ2v) is 6.60. The first-order valence-corrected chi connectivity index (χ1v) is 8.80. The molecule has 24 heavy (non-hydrogen) atoms. The lowest BCUT2D eigenvalue weighted by Gasteiger charge is -2.35. The number of rotatable bonds is 3. The second-order valence-electron chi connectivity index (χ2n) is 6.22. The third kappa shape index (κ3) is 3.44. The number of nitrogens with zero attached hydrogens (tertiary/aromatic N) is 4. The molecule has 128 valence electrons. The SMILES string of the molecule is CNC(=S)N1CCN(Cc2c(C)nn(-c3ccccc3)c2C)CC1. The van der Waals surface area contributed by atoms with Gasteiger partial charge in [0.25, 0.3) is 0 Å². The molecule has 1 aromatic carbocycles. The van der Waals surface area contributed by atoms with Crippen LogP contribution in [0.1, 0.15) is 17.0 Å². The molecule has 1 saturated heterocycles. The number of benzene rings is 1. The van der Waals surface area contributed by atoms with Gasteiger partial charge in [0.2, 0.25) is 0 Å². The number of nitrogens with one attached hydrogen (secondary N) is 1. The van der Waals surface area contributed by atoms with Crippen molar-refractivity contribution >= 4 is 17.3 Å². The lowest BCUT2D eigenvalue weighted by atomic mass is 10.1. The second kappa shape index (κ2) is 7.32. The average molecular weight is 344 g/mol. The molecule has 1 aromatic heterocycles. The van der Waals surface area contributed by atoms with Crippen molar-refractivity contribution in [1.82, 2.24) is 24.9 Å². The molecule has 0 spiro atoms. The lowest BCUT2D eigenvalue weighted by Crippen LogP contribution is -2.50. The Hall–Kier alpha value is -1.92. The van der Waals surface area contributed by atoms with E-state index in [9.17, 15) is 0 Å². The molecule has 1 aliphatic rings. The molecule has 0 aliphatic carbocycles. The monoisotopic (exact) mass is 343 g/mol. The van der Waals surface area contributed by atoms with Gasteiger partial charge in [0.15, 0.2) is 5.11 Å². The van der Waals surface area contributed by atoms with Crippen molar-refractivity contribution in [3.8, 4) is 5.69 Å². The summed E-state index contributed by atoms with van der Waals surface area (Å²) in [6.07, 6.45) is 0. The molecular weight excluding hydrogens is 318 g/mol. The molecule has 0 bridgehead atoms. The Labute approximate surface area is 149 Å². The van der Waals surface area contributed by atoms with Crippen molar-refractivity contribution in [2.45, 2.75) is 20.4 Å². The minimum absolute atomic E-state index is 0.846. The number of aryl methyl sites for hydroxylation is 1. The number of thiocarbonyl (C=S) groups is 1. The summed E-state index contributed by atoms with van der Waals surface area (Å²) in [5, 5.41) is 8.66. The van der Waals surface area contributed by atoms with E-state index in [-0.39, 0.29) is 0 Å². The fourth-order valence-electron chi connectivity index (χ4n) is 3.22. The summed E-state index contributed by atoms with van der Waals surface area (Å²) in [6.45, 7) is 9.22. The van der Waals surface area contributed by atoms with Crippen molar-refractivity contribution in [3.63, 3.8) is 0 Å². The molecular formula is C18H25N5S. The number of hydrogen-bond acceptors (Lipinski definition) is 3. The Bertz CT molecular complexity index is 702. The Morgan fingerprint density at radius 3 is 2.42 bits per heavy atom. The molecule has 1 aliphatic heterocycles. The van der Waals surface area contributed by atoms with Crippen LogP contribution in [0.4, 0.5) is 0 Å². The van der Waals surface area contributed by atoms with E-state index in [0.29, 0.717) is 0 Å². The van der Waals surface area contributed by atoms with E-state index in [1.54, 1.807) is 0 Å². The Morgan fingerprint density at radius 1 is 1.12 bits per heavy atom. The first-order valence-electron chi connectivity index (χ1n) is 8.39. The van der Waals surface area contributed by atoms with Crippen LogP contribution in [0.2, 0.25) is 0 Å². The van der Waals surface area contributed by atoms with E-state index >= 15 is 0 Å². The van der Waals surface area contributed by atoms with Gasteiger partial charge in [-0.1, -0.05) is 18.2 Å². The first kappa shape index (κ1) is 16.9. The van der Waals surface area contributed by atoms with Gasteiger partial charge in [-0.2, -0.15) is 5.10 Å². The highest BCUT2D eigenvalue weighted by molar-refractivity contribution is 7.80. The fraction of sp³-hybridized carbons (Fsp3) is 0.444. The third-order valence-electron chi connectivity index (χ3n) is 4.70. The van der Waals surface area contributed by atoms with Crippen molar-refractivity contribution in [1.29, 1.82) is 0 Å². The highest BCUT2D eigenvalue weighted by atomic mass is 32.1. The van der Waals surface area contributed by atoms with Crippen molar-refractivity contribution in [3.05, 3.63) is 47.3 Å². The van der Waals surface area contributed by atoms with Gasteiger partial charge in [-0.3, -0.25) is 4.90 Å². The summed E-state index contributed by atoms with van der Waals surface area (Å²) >= 11 is 5.33. The third-order valence-corrected chi connectivity index (χ3v) is 5.16. The van der Waals surface area contributed by atoms with E-state index in [1.165, 1.54) is 11.3 Å². The number of para-hydroxylation sites is 1. The van der Waals surface area contributed by atoms with Crippen LogP contribution >= 0.6 is 12.2 Å². The van der Waals surface area contributed by atoms with Crippen LogP contribution in [0.25, 0.3) is 5.69 Å². The van der Waals surface area contributed by atoms with Crippen LogP contribution in [-0.4, -0.2) is 57.9 Å². The summed E-state index contributed by atoms with van der Waals surface area (Å²) in [5.74, 6) is 0. The number of piperazine rings is 1. The molecule has 0 atom stereocenters. The fourth-order valence-corrected chi connectivity index (χ4v) is 3.40. The molecule has 0 unspecified atom stereocenters. The van der Waals surface area contributed by atoms with Crippen LogP contribution in [0, 0.1) is 13.8 Å². The Kier molecular flexibility index (Phi) is 5.16. The molecule has 3 rings (SSSR count). The molecule has 1 N–H and O–H groups in total. The molecule has 0 radical (unpaired) electrons. The predicted octanol–water partition coefficient (Wildman–Crippen LogP) is 2.11. The van der Waals surface area contributed by atoms with Gasteiger partial charge in [-0.15, -0.1) is 0 Å². The zero-order valence-electron chi connectivity index (χ0n) is 14.6. The number of hydrogen-bond donors (Lipinski definition) is 1. The van der Waals surface area contributed by atoms with E-state index in [4.69, 9.17) is 17.3 Å². The van der Waals surface area contributed by atoms with E-state index in [2.05, 4.69) is 57.9 Å². The molecule has 0 saturated carbocycles. The molecule has 2 aromatic rings. The quantitative estimate of drug-likeness (QED) is 0.864. The summed E-state index contributed by atoms with van der Waals surface area (Å²) in [5.41, 5.74) is 4.80. The summed E-state index contributed by atoms with van der Waals surface area (Å²) < 4.78 is 2.05. The smallest absolute Gasteiger partial charge is 0.168 e. The maximum Gasteiger partial charge on any atom is 0.168 e. The average Bonchev–Trinajstić information content (AvgIpc) is 2.90. The van der Waals surface area contributed by atoms with Gasteiger partial charge >= 0.3 is 0 Å². The van der Waals surface area contributed by atoms with Crippen molar-refractivity contribution < 1.29 is 0 Å². The van der Waals surface area contributed by atoms with Gasteiger partial charge in [0.1, 0.15) is 0 Å². The van der Waals surface area contributed by atoms with Crippen LogP contribution in [0.3, 0.4) is 0 Å². The maximum absolute atomic E-state index is 5.33. The summed E-state index contributed by atoms with van der Waals surface area (Å²) in [6, 6.07) is 10.3. The topological polar surface area (TPSA) is 36.3 Å². The predicted molar refractivity (Wildman–Crippen MR) is 102 cm³/mol. The molecule has 1 fully saturated rings. The standard InChI is InChI=1S/C18H25N5S/c1-14-17(13-21-9-11-22(12-10-21)18(24)19-3)15(2)23(20-14)16-7-5-4-6-8-16/h4-8H,9-13H2,1-3H3,(H,19,24). The zero-order chi connectivity index (χ0) is 17.1. The summed E-state index contributed by atoms with van der Waals surface area (Å²) in [4.78, 5) is 4.72. The van der Waals surface area contributed by atoms with E-state index in [0.717, 1.165) is 49.2 Å². The Balaban J connectivity index is 1.71. The molecule has 2 heterocycles. The van der Waals surface area contributed by atoms with E-state index < -0.39 is 0 Å². The number of aromatic nitrogens is 2. The lowest BCUT2D eigenvalue weighted by molar-refractivity contribution is 0.174. The molecule has 5 nitrogen and oxygen atoms in total. The summed E-state index contributed by atoms with van der Waals surface area (Å²) in [7, 11) is 1.89. The van der Waals surface area contributed by atoms with Crippen LogP contribution in [-0.2, 0) is 6.54 Å². The van der Waals surface area contributed by atoms with Crippen molar-refractivity contribution in [2.75, 3.05) is 33.2 Å². The van der Waals surface area contributed by atoms with Gasteiger partial charge in [-0.05, 0) is 38.2 Å². The largest absolute Gasteiger partial charge is 0.366 e. The van der Waals surface area contributed by atoms with Gasteiger partial charge in [-0.25, -0.2) is 4.68 Å². The van der Waals surface area contributed by atoms with Crippen molar-refractivity contribution in [2.24, 2.45) is 0 Å². The maximum atomic E-state index is 5.33. The van der Waals surface area contributed by atoms with Gasteiger partial charge in [0.05, 0.1) is 11.4 Å². The van der Waals surface area contributed by atoms with E-state index in [1.807, 2.05) is 13.1 Å². The zero-order valence-corrected chi connectivity index (χ0v) is 15.4. The first-order chi connectivity index (χ1) is 11.6. The van der Waals surface area contributed by atoms with Gasteiger partial charge < -0.3 is 10.2 Å². The van der Waals surface area contributed by atoms with Gasteiger partial charge in [0, 0.05) is 51.0 Å².